The minimum atomic E-state index is -0.464. The second-order valence-electron chi connectivity index (χ2n) is 7.80. The first-order chi connectivity index (χ1) is 13.5. The van der Waals surface area contributed by atoms with Gasteiger partial charge in [-0.25, -0.2) is 4.39 Å². The largest absolute Gasteiger partial charge is 0.342 e. The third kappa shape index (κ3) is 4.22. The number of unbranched alkanes of at least 4 members (excludes halogenated alkanes) is 1. The molecule has 0 aromatic heterocycles. The van der Waals surface area contributed by atoms with E-state index in [1.54, 1.807) is 30.0 Å². The lowest BCUT2D eigenvalue weighted by atomic mass is 9.95. The van der Waals surface area contributed by atoms with Crippen LogP contribution >= 0.6 is 11.8 Å². The first-order valence-corrected chi connectivity index (χ1v) is 11.5. The number of piperidine rings is 1. The normalized spacial score (nSPS) is 19.8. The minimum Gasteiger partial charge on any atom is -0.342 e. The third-order valence-electron chi connectivity index (χ3n) is 6.13. The van der Waals surface area contributed by atoms with Crippen LogP contribution in [-0.2, 0) is 4.79 Å². The number of likely N-dealkylation sites (tertiary alicyclic amines) is 1. The maximum atomic E-state index is 14.1. The van der Waals surface area contributed by atoms with Crippen molar-refractivity contribution in [3.63, 3.8) is 0 Å². The van der Waals surface area contributed by atoms with Crippen LogP contribution in [0.4, 0.5) is 4.39 Å². The molecule has 1 aromatic carbocycles. The number of thioether (sulfide) groups is 1. The molecule has 0 bridgehead atoms. The number of carbonyl (C=O) groups is 2. The van der Waals surface area contributed by atoms with E-state index in [1.807, 2.05) is 9.80 Å². The molecule has 0 radical (unpaired) electrons. The molecule has 28 heavy (non-hydrogen) atoms. The summed E-state index contributed by atoms with van der Waals surface area (Å²) in [6.45, 7) is 6.23. The molecule has 1 atom stereocenters. The number of hydrogen-bond donors (Lipinski definition) is 0. The third-order valence-corrected chi connectivity index (χ3v) is 7.68. The van der Waals surface area contributed by atoms with Gasteiger partial charge in [0.2, 0.25) is 5.91 Å². The summed E-state index contributed by atoms with van der Waals surface area (Å²) >= 11 is 1.79. The van der Waals surface area contributed by atoms with Crippen LogP contribution in [-0.4, -0.2) is 51.9 Å². The van der Waals surface area contributed by atoms with E-state index in [2.05, 4.69) is 13.8 Å². The van der Waals surface area contributed by atoms with Crippen LogP contribution in [0.25, 0.3) is 0 Å². The molecule has 0 aliphatic carbocycles. The highest BCUT2D eigenvalue weighted by atomic mass is 32.2. The lowest BCUT2D eigenvalue weighted by Crippen LogP contribution is -2.54. The predicted octanol–water partition coefficient (Wildman–Crippen LogP) is 4.55. The highest BCUT2D eigenvalue weighted by Crippen LogP contribution is 2.45. The number of rotatable bonds is 6. The number of halogens is 1. The van der Waals surface area contributed by atoms with E-state index in [0.717, 1.165) is 44.3 Å². The van der Waals surface area contributed by atoms with Crippen molar-refractivity contribution in [2.75, 3.05) is 25.4 Å². The van der Waals surface area contributed by atoms with Crippen molar-refractivity contribution in [3.8, 4) is 0 Å². The van der Waals surface area contributed by atoms with Crippen molar-refractivity contribution < 1.29 is 14.0 Å². The van der Waals surface area contributed by atoms with Crippen molar-refractivity contribution in [2.24, 2.45) is 5.92 Å². The molecule has 154 valence electrons. The summed E-state index contributed by atoms with van der Waals surface area (Å²) in [5, 5.41) is 0. The van der Waals surface area contributed by atoms with Gasteiger partial charge in [-0.1, -0.05) is 38.8 Å². The number of amides is 2. The molecule has 2 saturated heterocycles. The van der Waals surface area contributed by atoms with Gasteiger partial charge >= 0.3 is 0 Å². The molecule has 3 rings (SSSR count). The Kier molecular flexibility index (Phi) is 7.02. The zero-order valence-electron chi connectivity index (χ0n) is 17.0. The molecular weight excluding hydrogens is 375 g/mol. The highest BCUT2D eigenvalue weighted by Gasteiger charge is 2.47. The van der Waals surface area contributed by atoms with Gasteiger partial charge < -0.3 is 9.80 Å². The quantitative estimate of drug-likeness (QED) is 0.696. The number of benzene rings is 1. The molecule has 0 saturated carbocycles. The average molecular weight is 407 g/mol. The van der Waals surface area contributed by atoms with Gasteiger partial charge in [0.05, 0.1) is 10.4 Å². The second kappa shape index (κ2) is 9.29. The summed E-state index contributed by atoms with van der Waals surface area (Å²) in [6, 6.07) is 6.21. The van der Waals surface area contributed by atoms with Gasteiger partial charge in [0.25, 0.3) is 5.91 Å². The van der Waals surface area contributed by atoms with Crippen molar-refractivity contribution in [1.82, 2.24) is 9.80 Å². The van der Waals surface area contributed by atoms with Crippen molar-refractivity contribution in [2.45, 2.75) is 57.2 Å². The van der Waals surface area contributed by atoms with Gasteiger partial charge in [-0.15, -0.1) is 11.8 Å². The van der Waals surface area contributed by atoms with Crippen molar-refractivity contribution in [3.05, 3.63) is 35.6 Å². The van der Waals surface area contributed by atoms with Crippen LogP contribution in [0.5, 0.6) is 0 Å². The molecular formula is C22H31FN2O2S. The van der Waals surface area contributed by atoms with Crippen molar-refractivity contribution >= 4 is 23.6 Å². The van der Waals surface area contributed by atoms with Gasteiger partial charge in [0.1, 0.15) is 5.82 Å². The minimum absolute atomic E-state index is 0.112. The van der Waals surface area contributed by atoms with Crippen LogP contribution in [0.2, 0.25) is 0 Å². The fourth-order valence-electron chi connectivity index (χ4n) is 4.38. The number of hydrogen-bond acceptors (Lipinski definition) is 3. The molecule has 2 heterocycles. The van der Waals surface area contributed by atoms with Crippen LogP contribution in [0.15, 0.2) is 24.3 Å². The fraction of sp³-hybridized carbons (Fsp3) is 0.636. The first kappa shape index (κ1) is 21.2. The molecule has 2 aliphatic heterocycles. The van der Waals surface area contributed by atoms with Crippen molar-refractivity contribution in [1.29, 1.82) is 0 Å². The molecule has 2 amide bonds. The maximum absolute atomic E-state index is 14.1. The zero-order chi connectivity index (χ0) is 20.1. The summed E-state index contributed by atoms with van der Waals surface area (Å²) in [7, 11) is 0. The average Bonchev–Trinajstić information content (AvgIpc) is 3.11. The SMILES string of the molecule is CCCC[C@@H](CC)C(=O)N1CCC2(CC1)SCCN2C(=O)c1ccccc1F. The van der Waals surface area contributed by atoms with E-state index in [1.165, 1.54) is 6.07 Å². The Morgan fingerprint density at radius 2 is 1.89 bits per heavy atom. The summed E-state index contributed by atoms with van der Waals surface area (Å²) < 4.78 is 14.1. The monoisotopic (exact) mass is 406 g/mol. The molecule has 1 spiro atoms. The number of carbonyl (C=O) groups excluding carboxylic acids is 2. The van der Waals surface area contributed by atoms with Crippen LogP contribution in [0, 0.1) is 11.7 Å². The van der Waals surface area contributed by atoms with Gasteiger partial charge in [0.15, 0.2) is 0 Å². The standard InChI is InChI=1S/C22H31FN2O2S/c1-3-5-8-17(4-2)20(26)24-13-11-22(12-14-24)25(15-16-28-22)21(27)18-9-6-7-10-19(18)23/h6-7,9-10,17H,3-5,8,11-16H2,1-2H3/t17-/m1/s1. The van der Waals surface area contributed by atoms with Gasteiger partial charge in [0, 0.05) is 31.3 Å². The van der Waals surface area contributed by atoms with E-state index < -0.39 is 5.82 Å². The van der Waals surface area contributed by atoms with E-state index in [-0.39, 0.29) is 28.2 Å². The van der Waals surface area contributed by atoms with Crippen LogP contribution < -0.4 is 0 Å². The topological polar surface area (TPSA) is 40.6 Å². The van der Waals surface area contributed by atoms with E-state index in [0.29, 0.717) is 19.6 Å². The molecule has 4 nitrogen and oxygen atoms in total. The lowest BCUT2D eigenvalue weighted by molar-refractivity contribution is -0.137. The lowest BCUT2D eigenvalue weighted by Gasteiger charge is -2.44. The van der Waals surface area contributed by atoms with Gasteiger partial charge in [-0.2, -0.15) is 0 Å². The Bertz CT molecular complexity index is 704. The molecule has 0 unspecified atom stereocenters. The summed E-state index contributed by atoms with van der Waals surface area (Å²) in [5.41, 5.74) is 0.147. The zero-order valence-corrected chi connectivity index (χ0v) is 17.8. The van der Waals surface area contributed by atoms with Gasteiger partial charge in [-0.3, -0.25) is 9.59 Å². The molecule has 6 heteroatoms. The smallest absolute Gasteiger partial charge is 0.257 e. The van der Waals surface area contributed by atoms with Crippen LogP contribution in [0.1, 0.15) is 62.7 Å². The van der Waals surface area contributed by atoms with E-state index in [4.69, 9.17) is 0 Å². The second-order valence-corrected chi connectivity index (χ2v) is 9.26. The van der Waals surface area contributed by atoms with Crippen LogP contribution in [0.3, 0.4) is 0 Å². The highest BCUT2D eigenvalue weighted by molar-refractivity contribution is 8.00. The molecule has 2 aliphatic rings. The summed E-state index contributed by atoms with van der Waals surface area (Å²) in [6.07, 6.45) is 5.55. The fourth-order valence-corrected chi connectivity index (χ4v) is 5.83. The molecule has 1 aromatic rings. The first-order valence-electron chi connectivity index (χ1n) is 10.5. The Labute approximate surface area is 171 Å². The van der Waals surface area contributed by atoms with E-state index in [9.17, 15) is 14.0 Å². The maximum Gasteiger partial charge on any atom is 0.257 e. The number of nitrogens with zero attached hydrogens (tertiary/aromatic N) is 2. The molecule has 2 fully saturated rings. The van der Waals surface area contributed by atoms with Gasteiger partial charge in [-0.05, 0) is 37.8 Å². The Balaban J connectivity index is 1.67. The summed E-state index contributed by atoms with van der Waals surface area (Å²) in [5.74, 6) is 0.552. The summed E-state index contributed by atoms with van der Waals surface area (Å²) in [4.78, 5) is 29.5. The Morgan fingerprint density at radius 1 is 1.18 bits per heavy atom. The van der Waals surface area contributed by atoms with E-state index >= 15 is 0 Å². The Morgan fingerprint density at radius 3 is 2.54 bits per heavy atom. The molecule has 0 N–H and O–H groups in total. The Hall–Kier alpha value is -1.56. The predicted molar refractivity (Wildman–Crippen MR) is 112 cm³/mol.